The lowest BCUT2D eigenvalue weighted by Gasteiger charge is -2.35. The predicted octanol–water partition coefficient (Wildman–Crippen LogP) is 2.84. The molecule has 24 heavy (non-hydrogen) atoms. The smallest absolute Gasteiger partial charge is 0.251 e. The fourth-order valence-electron chi connectivity index (χ4n) is 4.88. The highest BCUT2D eigenvalue weighted by atomic mass is 16.2. The van der Waals surface area contributed by atoms with E-state index in [0.717, 1.165) is 38.3 Å². The van der Waals surface area contributed by atoms with Crippen molar-refractivity contribution in [2.75, 3.05) is 13.1 Å². The Morgan fingerprint density at radius 1 is 0.958 bits per heavy atom. The second-order valence-electron chi connectivity index (χ2n) is 7.72. The zero-order valence-corrected chi connectivity index (χ0v) is 14.1. The van der Waals surface area contributed by atoms with Crippen LogP contribution in [0.4, 0.5) is 0 Å². The Labute approximate surface area is 143 Å². The van der Waals surface area contributed by atoms with Gasteiger partial charge in [-0.2, -0.15) is 0 Å². The third-order valence-electron chi connectivity index (χ3n) is 6.23. The van der Waals surface area contributed by atoms with E-state index in [-0.39, 0.29) is 11.9 Å². The predicted molar refractivity (Wildman–Crippen MR) is 92.4 cm³/mol. The van der Waals surface area contributed by atoms with Crippen molar-refractivity contribution >= 4 is 11.8 Å². The molecule has 3 atom stereocenters. The molecule has 1 N–H and O–H groups in total. The monoisotopic (exact) mass is 326 g/mol. The molecule has 1 saturated heterocycles. The second kappa shape index (κ2) is 6.58. The SMILES string of the molecule is O=C(NC1CCN(C(=O)C2CC3CCC2C3)CC1)c1ccccc1. The van der Waals surface area contributed by atoms with Crippen molar-refractivity contribution < 1.29 is 9.59 Å². The molecule has 2 amide bonds. The van der Waals surface area contributed by atoms with E-state index in [1.165, 1.54) is 19.3 Å². The van der Waals surface area contributed by atoms with Crippen LogP contribution in [0.15, 0.2) is 30.3 Å². The van der Waals surface area contributed by atoms with Crippen molar-refractivity contribution in [2.24, 2.45) is 17.8 Å². The normalized spacial score (nSPS) is 29.7. The van der Waals surface area contributed by atoms with Crippen molar-refractivity contribution in [3.8, 4) is 0 Å². The summed E-state index contributed by atoms with van der Waals surface area (Å²) in [6.07, 6.45) is 6.72. The van der Waals surface area contributed by atoms with Gasteiger partial charge in [-0.15, -0.1) is 0 Å². The molecule has 4 heteroatoms. The number of carbonyl (C=O) groups is 2. The van der Waals surface area contributed by atoms with Crippen molar-refractivity contribution in [1.82, 2.24) is 10.2 Å². The Bertz CT molecular complexity index is 607. The first-order valence-electron chi connectivity index (χ1n) is 9.35. The number of hydrogen-bond acceptors (Lipinski definition) is 2. The molecule has 1 aliphatic heterocycles. The topological polar surface area (TPSA) is 49.4 Å². The van der Waals surface area contributed by atoms with Crippen LogP contribution in [-0.2, 0) is 4.79 Å². The molecular weight excluding hydrogens is 300 g/mol. The summed E-state index contributed by atoms with van der Waals surface area (Å²) in [6.45, 7) is 1.57. The van der Waals surface area contributed by atoms with Gasteiger partial charge in [0, 0.05) is 30.6 Å². The Hall–Kier alpha value is -1.84. The number of rotatable bonds is 3. The first-order valence-corrected chi connectivity index (χ1v) is 9.35. The van der Waals surface area contributed by atoms with Crippen LogP contribution in [0.1, 0.15) is 48.9 Å². The number of hydrogen-bond donors (Lipinski definition) is 1. The average Bonchev–Trinajstić information content (AvgIpc) is 3.26. The van der Waals surface area contributed by atoms with Crippen molar-refractivity contribution in [3.05, 3.63) is 35.9 Å². The lowest BCUT2D eigenvalue weighted by atomic mass is 9.87. The number of nitrogens with zero attached hydrogens (tertiary/aromatic N) is 1. The molecule has 0 spiro atoms. The Kier molecular flexibility index (Phi) is 4.30. The Morgan fingerprint density at radius 2 is 1.71 bits per heavy atom. The summed E-state index contributed by atoms with van der Waals surface area (Å²) in [4.78, 5) is 27.1. The molecule has 2 aliphatic carbocycles. The maximum atomic E-state index is 12.8. The van der Waals surface area contributed by atoms with Crippen LogP contribution >= 0.6 is 0 Å². The number of nitrogens with one attached hydrogen (secondary N) is 1. The molecule has 1 aromatic rings. The molecule has 2 saturated carbocycles. The van der Waals surface area contributed by atoms with Crippen molar-refractivity contribution in [2.45, 2.75) is 44.6 Å². The van der Waals surface area contributed by atoms with Crippen LogP contribution in [0, 0.1) is 17.8 Å². The van der Waals surface area contributed by atoms with Gasteiger partial charge in [0.1, 0.15) is 0 Å². The summed E-state index contributed by atoms with van der Waals surface area (Å²) < 4.78 is 0. The first-order chi connectivity index (χ1) is 11.7. The van der Waals surface area contributed by atoms with Gasteiger partial charge in [-0.3, -0.25) is 9.59 Å². The molecule has 0 radical (unpaired) electrons. The minimum atomic E-state index is -0.00604. The molecule has 3 aliphatic rings. The number of carbonyl (C=O) groups excluding carboxylic acids is 2. The molecule has 1 heterocycles. The number of fused-ring (bicyclic) bond motifs is 2. The molecular formula is C20H26N2O2. The standard InChI is InChI=1S/C20H26N2O2/c23-19(15-4-2-1-3-5-15)21-17-8-10-22(11-9-17)20(24)18-13-14-6-7-16(18)12-14/h1-5,14,16-18H,6-13H2,(H,21,23). The number of piperidine rings is 1. The van der Waals surface area contributed by atoms with E-state index in [2.05, 4.69) is 10.2 Å². The molecule has 0 aromatic heterocycles. The summed E-state index contributed by atoms with van der Waals surface area (Å²) >= 11 is 0. The molecule has 3 fully saturated rings. The lowest BCUT2D eigenvalue weighted by molar-refractivity contribution is -0.138. The van der Waals surface area contributed by atoms with Crippen LogP contribution in [0.3, 0.4) is 0 Å². The van der Waals surface area contributed by atoms with E-state index in [1.54, 1.807) is 0 Å². The van der Waals surface area contributed by atoms with E-state index in [9.17, 15) is 9.59 Å². The fraction of sp³-hybridized carbons (Fsp3) is 0.600. The third-order valence-corrected chi connectivity index (χ3v) is 6.23. The Balaban J connectivity index is 1.28. The van der Waals surface area contributed by atoms with Gasteiger partial charge in [0.2, 0.25) is 5.91 Å². The summed E-state index contributed by atoms with van der Waals surface area (Å²) in [5, 5.41) is 3.11. The quantitative estimate of drug-likeness (QED) is 0.928. The molecule has 2 bridgehead atoms. The van der Waals surface area contributed by atoms with E-state index in [0.29, 0.717) is 23.3 Å². The Morgan fingerprint density at radius 3 is 2.33 bits per heavy atom. The maximum Gasteiger partial charge on any atom is 0.251 e. The van der Waals surface area contributed by atoms with Crippen LogP contribution in [-0.4, -0.2) is 35.8 Å². The van der Waals surface area contributed by atoms with Gasteiger partial charge < -0.3 is 10.2 Å². The van der Waals surface area contributed by atoms with Crippen LogP contribution in [0.25, 0.3) is 0 Å². The van der Waals surface area contributed by atoms with Crippen LogP contribution < -0.4 is 5.32 Å². The van der Waals surface area contributed by atoms with Gasteiger partial charge >= 0.3 is 0 Å². The number of benzene rings is 1. The molecule has 4 rings (SSSR count). The fourth-order valence-corrected chi connectivity index (χ4v) is 4.88. The summed E-state index contributed by atoms with van der Waals surface area (Å²) in [6, 6.07) is 9.53. The molecule has 3 unspecified atom stereocenters. The van der Waals surface area contributed by atoms with E-state index in [1.807, 2.05) is 30.3 Å². The van der Waals surface area contributed by atoms with Crippen molar-refractivity contribution in [3.63, 3.8) is 0 Å². The average molecular weight is 326 g/mol. The van der Waals surface area contributed by atoms with Gasteiger partial charge in [0.15, 0.2) is 0 Å². The van der Waals surface area contributed by atoms with E-state index < -0.39 is 0 Å². The zero-order valence-electron chi connectivity index (χ0n) is 14.1. The van der Waals surface area contributed by atoms with Crippen molar-refractivity contribution in [1.29, 1.82) is 0 Å². The van der Waals surface area contributed by atoms with Gasteiger partial charge in [-0.25, -0.2) is 0 Å². The number of likely N-dealkylation sites (tertiary alicyclic amines) is 1. The highest BCUT2D eigenvalue weighted by Crippen LogP contribution is 2.49. The van der Waals surface area contributed by atoms with Gasteiger partial charge in [0.25, 0.3) is 5.91 Å². The number of amides is 2. The van der Waals surface area contributed by atoms with E-state index >= 15 is 0 Å². The summed E-state index contributed by atoms with van der Waals surface area (Å²) in [5.41, 5.74) is 0.706. The second-order valence-corrected chi connectivity index (χ2v) is 7.72. The minimum absolute atomic E-state index is 0.00604. The summed E-state index contributed by atoms with van der Waals surface area (Å²) in [5.74, 6) is 2.13. The maximum absolute atomic E-state index is 12.8. The highest BCUT2D eigenvalue weighted by molar-refractivity contribution is 5.94. The molecule has 1 aromatic carbocycles. The largest absolute Gasteiger partial charge is 0.349 e. The van der Waals surface area contributed by atoms with Crippen LogP contribution in [0.5, 0.6) is 0 Å². The van der Waals surface area contributed by atoms with E-state index in [4.69, 9.17) is 0 Å². The van der Waals surface area contributed by atoms with Gasteiger partial charge in [-0.1, -0.05) is 24.6 Å². The van der Waals surface area contributed by atoms with Crippen LogP contribution in [0.2, 0.25) is 0 Å². The highest BCUT2D eigenvalue weighted by Gasteiger charge is 2.44. The zero-order chi connectivity index (χ0) is 16.5. The molecule has 4 nitrogen and oxygen atoms in total. The first kappa shape index (κ1) is 15.7. The summed E-state index contributed by atoms with van der Waals surface area (Å²) in [7, 11) is 0. The lowest BCUT2D eigenvalue weighted by Crippen LogP contribution is -2.48. The third kappa shape index (κ3) is 3.06. The minimum Gasteiger partial charge on any atom is -0.349 e. The molecule has 128 valence electrons. The van der Waals surface area contributed by atoms with Gasteiger partial charge in [0.05, 0.1) is 0 Å². The van der Waals surface area contributed by atoms with Gasteiger partial charge in [-0.05, 0) is 56.1 Å².